The van der Waals surface area contributed by atoms with Crippen molar-refractivity contribution in [2.75, 3.05) is 26.4 Å². The molecule has 0 spiro atoms. The average Bonchev–Trinajstić information content (AvgIpc) is 3.15. The van der Waals surface area contributed by atoms with E-state index in [1.54, 1.807) is 0 Å². The van der Waals surface area contributed by atoms with Gasteiger partial charge in [0.1, 0.15) is 30.5 Å². The standard InChI is InChI=1S/C42H70O12S/c1-3-5-7-9-10-11-12-13-14-15-16-17-18-19-20-21-22-23-24-25-26-27-28-30-32-50-34-36(52-38(44)31-29-8-6-4-2)35-51-42-40(46)41(54-55(47,48)49)39(45)37(33-43)53-42/h5,7,10-11,13-14,16-17,19-20,22-23,36-37,39-43,45-46H,3-4,6,8-9,12,15,18,21,24-35H2,1-2H3,(H,47,48,49)/b7-5-,11-10-,14-13-,17-16-,20-19-,23-22-. The molecule has 13 heteroatoms. The van der Waals surface area contributed by atoms with Crippen molar-refractivity contribution < 1.29 is 56.2 Å². The van der Waals surface area contributed by atoms with Crippen LogP contribution in [0.1, 0.15) is 123 Å². The third-order valence-corrected chi connectivity index (χ3v) is 9.06. The lowest BCUT2D eigenvalue weighted by atomic mass is 9.99. The molecule has 0 bridgehead atoms. The average molecular weight is 799 g/mol. The number of allylic oxidation sites excluding steroid dienone is 12. The molecule has 55 heavy (non-hydrogen) atoms. The Hall–Kier alpha value is -2.46. The van der Waals surface area contributed by atoms with E-state index in [-0.39, 0.29) is 19.6 Å². The number of aliphatic hydroxyl groups is 3. The summed E-state index contributed by atoms with van der Waals surface area (Å²) in [5, 5.41) is 30.4. The van der Waals surface area contributed by atoms with Crippen LogP contribution in [0.4, 0.5) is 0 Å². The van der Waals surface area contributed by atoms with Crippen molar-refractivity contribution in [3.8, 4) is 0 Å². The van der Waals surface area contributed by atoms with Crippen molar-refractivity contribution in [3.05, 3.63) is 72.9 Å². The lowest BCUT2D eigenvalue weighted by Gasteiger charge is -2.41. The smallest absolute Gasteiger partial charge is 0.397 e. The van der Waals surface area contributed by atoms with Crippen LogP contribution in [0.15, 0.2) is 72.9 Å². The summed E-state index contributed by atoms with van der Waals surface area (Å²) in [6.45, 7) is 3.65. The number of carbonyl (C=O) groups excluding carboxylic acids is 1. The van der Waals surface area contributed by atoms with Crippen LogP contribution in [0, 0.1) is 0 Å². The number of carbonyl (C=O) groups is 1. The quantitative estimate of drug-likeness (QED) is 0.0222. The van der Waals surface area contributed by atoms with Gasteiger partial charge in [0.2, 0.25) is 0 Å². The van der Waals surface area contributed by atoms with Gasteiger partial charge in [-0.25, -0.2) is 4.18 Å². The SMILES string of the molecule is CC/C=C\C/C=C\C/C=C\C/C=C\C/C=C\C/C=C\CCCCCCCOCC(COC1OC(CO)C(O)C(OS(=O)(=O)O)C1O)OC(=O)CCCCCC. The van der Waals surface area contributed by atoms with Crippen LogP contribution in [0.3, 0.4) is 0 Å². The molecular formula is C42H70O12S. The molecule has 0 aromatic rings. The summed E-state index contributed by atoms with van der Waals surface area (Å²) in [5.74, 6) is -0.429. The Morgan fingerprint density at radius 3 is 1.82 bits per heavy atom. The number of ether oxygens (including phenoxy) is 4. The van der Waals surface area contributed by atoms with Crippen molar-refractivity contribution in [3.63, 3.8) is 0 Å². The first-order valence-electron chi connectivity index (χ1n) is 20.2. The molecule has 1 heterocycles. The van der Waals surface area contributed by atoms with Gasteiger partial charge < -0.3 is 34.3 Å². The highest BCUT2D eigenvalue weighted by Gasteiger charge is 2.48. The maximum atomic E-state index is 12.5. The molecule has 0 radical (unpaired) electrons. The summed E-state index contributed by atoms with van der Waals surface area (Å²) < 4.78 is 58.4. The molecule has 1 aliphatic heterocycles. The molecular weight excluding hydrogens is 729 g/mol. The second-order valence-electron chi connectivity index (χ2n) is 13.5. The fourth-order valence-corrected chi connectivity index (χ4v) is 6.06. The fourth-order valence-electron chi connectivity index (χ4n) is 5.56. The molecule has 6 unspecified atom stereocenters. The van der Waals surface area contributed by atoms with Crippen LogP contribution >= 0.6 is 0 Å². The number of hydrogen-bond donors (Lipinski definition) is 4. The fraction of sp³-hybridized carbons (Fsp3) is 0.690. The largest absolute Gasteiger partial charge is 0.457 e. The van der Waals surface area contributed by atoms with E-state index in [0.29, 0.717) is 13.0 Å². The number of hydrogen-bond acceptors (Lipinski definition) is 11. The summed E-state index contributed by atoms with van der Waals surface area (Å²) in [4.78, 5) is 12.5. The van der Waals surface area contributed by atoms with E-state index >= 15 is 0 Å². The molecule has 316 valence electrons. The van der Waals surface area contributed by atoms with Crippen LogP contribution < -0.4 is 0 Å². The normalized spacial score (nSPS) is 21.7. The predicted octanol–water partition coefficient (Wildman–Crippen LogP) is 7.57. The second kappa shape index (κ2) is 33.7. The number of aliphatic hydroxyl groups excluding tert-OH is 3. The molecule has 0 aromatic heterocycles. The predicted molar refractivity (Wildman–Crippen MR) is 216 cm³/mol. The highest BCUT2D eigenvalue weighted by Crippen LogP contribution is 2.26. The van der Waals surface area contributed by atoms with Crippen LogP contribution in [0.25, 0.3) is 0 Å². The Morgan fingerprint density at radius 1 is 0.709 bits per heavy atom. The zero-order valence-corrected chi connectivity index (χ0v) is 34.0. The van der Waals surface area contributed by atoms with Crippen molar-refractivity contribution in [2.45, 2.75) is 160 Å². The lowest BCUT2D eigenvalue weighted by molar-refractivity contribution is -0.301. The van der Waals surface area contributed by atoms with E-state index in [4.69, 9.17) is 23.5 Å². The third-order valence-electron chi connectivity index (χ3n) is 8.59. The third kappa shape index (κ3) is 27.7. The van der Waals surface area contributed by atoms with Gasteiger partial charge in [0.05, 0.1) is 19.8 Å². The zero-order valence-electron chi connectivity index (χ0n) is 33.2. The topological polar surface area (TPSA) is 178 Å². The molecule has 6 atom stereocenters. The minimum Gasteiger partial charge on any atom is -0.457 e. The first-order valence-corrected chi connectivity index (χ1v) is 21.6. The number of unbranched alkanes of at least 4 members (excludes halogenated alkanes) is 8. The lowest BCUT2D eigenvalue weighted by Crippen LogP contribution is -2.60. The molecule has 1 rings (SSSR count). The summed E-state index contributed by atoms with van der Waals surface area (Å²) in [6.07, 6.45) is 33.1. The zero-order chi connectivity index (χ0) is 40.4. The molecule has 0 aromatic carbocycles. The van der Waals surface area contributed by atoms with Gasteiger partial charge in [-0.2, -0.15) is 8.42 Å². The van der Waals surface area contributed by atoms with Gasteiger partial charge in [-0.1, -0.05) is 125 Å². The Morgan fingerprint density at radius 2 is 1.25 bits per heavy atom. The molecule has 12 nitrogen and oxygen atoms in total. The molecule has 0 saturated carbocycles. The molecule has 0 aliphatic carbocycles. The highest BCUT2D eigenvalue weighted by atomic mass is 32.3. The summed E-state index contributed by atoms with van der Waals surface area (Å²) in [7, 11) is -5.06. The minimum absolute atomic E-state index is 0.0171. The van der Waals surface area contributed by atoms with Crippen LogP contribution in [-0.2, 0) is 38.3 Å². The van der Waals surface area contributed by atoms with E-state index < -0.39 is 59.8 Å². The first-order chi connectivity index (χ1) is 26.6. The van der Waals surface area contributed by atoms with Gasteiger partial charge in [0, 0.05) is 13.0 Å². The van der Waals surface area contributed by atoms with Crippen molar-refractivity contribution in [1.82, 2.24) is 0 Å². The van der Waals surface area contributed by atoms with Gasteiger partial charge in [0.15, 0.2) is 6.29 Å². The Bertz CT molecular complexity index is 1240. The Balaban J connectivity index is 2.31. The molecule has 4 N–H and O–H groups in total. The van der Waals surface area contributed by atoms with Crippen LogP contribution in [0.5, 0.6) is 0 Å². The van der Waals surface area contributed by atoms with E-state index in [0.717, 1.165) is 96.3 Å². The van der Waals surface area contributed by atoms with E-state index in [1.807, 2.05) is 0 Å². The minimum atomic E-state index is -5.06. The van der Waals surface area contributed by atoms with Crippen molar-refractivity contribution >= 4 is 16.4 Å². The van der Waals surface area contributed by atoms with Gasteiger partial charge in [-0.15, -0.1) is 0 Å². The maximum Gasteiger partial charge on any atom is 0.397 e. The maximum absolute atomic E-state index is 12.5. The van der Waals surface area contributed by atoms with Gasteiger partial charge >= 0.3 is 16.4 Å². The van der Waals surface area contributed by atoms with E-state index in [2.05, 4.69) is 90.9 Å². The summed E-state index contributed by atoms with van der Waals surface area (Å²) >= 11 is 0. The van der Waals surface area contributed by atoms with Gasteiger partial charge in [0.25, 0.3) is 0 Å². The van der Waals surface area contributed by atoms with Crippen molar-refractivity contribution in [1.29, 1.82) is 0 Å². The first kappa shape index (κ1) is 50.6. The summed E-state index contributed by atoms with van der Waals surface area (Å²) in [5.41, 5.74) is 0. The van der Waals surface area contributed by atoms with E-state index in [9.17, 15) is 28.5 Å². The van der Waals surface area contributed by atoms with Crippen LogP contribution in [0.2, 0.25) is 0 Å². The highest BCUT2D eigenvalue weighted by molar-refractivity contribution is 7.80. The molecule has 1 aliphatic rings. The van der Waals surface area contributed by atoms with E-state index in [1.165, 1.54) is 0 Å². The van der Waals surface area contributed by atoms with Gasteiger partial charge in [-0.3, -0.25) is 9.35 Å². The Kier molecular flexibility index (Phi) is 30.9. The Labute approximate surface area is 331 Å². The molecule has 1 saturated heterocycles. The van der Waals surface area contributed by atoms with Crippen LogP contribution in [-0.4, -0.2) is 97.5 Å². The van der Waals surface area contributed by atoms with Crippen molar-refractivity contribution in [2.24, 2.45) is 0 Å². The molecule has 1 fully saturated rings. The second-order valence-corrected chi connectivity index (χ2v) is 14.5. The number of rotatable bonds is 33. The van der Waals surface area contributed by atoms with Gasteiger partial charge in [-0.05, 0) is 64.2 Å². The monoisotopic (exact) mass is 798 g/mol. The molecule has 0 amide bonds. The number of esters is 1. The summed E-state index contributed by atoms with van der Waals surface area (Å²) in [6, 6.07) is 0.